The van der Waals surface area contributed by atoms with E-state index >= 15 is 0 Å². The van der Waals surface area contributed by atoms with Gasteiger partial charge in [-0.3, -0.25) is 0 Å². The van der Waals surface area contributed by atoms with E-state index in [0.29, 0.717) is 0 Å². The van der Waals surface area contributed by atoms with Crippen LogP contribution in [-0.2, 0) is 9.53 Å². The van der Waals surface area contributed by atoms with E-state index in [-0.39, 0.29) is 18.0 Å². The maximum absolute atomic E-state index is 12.6. The summed E-state index contributed by atoms with van der Waals surface area (Å²) in [7, 11) is 0. The second-order valence-electron chi connectivity index (χ2n) is 6.00. The third-order valence-electron chi connectivity index (χ3n) is 4.59. The van der Waals surface area contributed by atoms with E-state index in [0.717, 1.165) is 35.1 Å². The number of hydrogen-bond acceptors (Lipinski definition) is 2. The fourth-order valence-electron chi connectivity index (χ4n) is 3.55. The van der Waals surface area contributed by atoms with Gasteiger partial charge >= 0.3 is 5.97 Å². The van der Waals surface area contributed by atoms with Crippen LogP contribution in [0.2, 0.25) is 0 Å². The molecule has 0 aromatic heterocycles. The first-order chi connectivity index (χ1) is 11.3. The predicted octanol–water partition coefficient (Wildman–Crippen LogP) is 4.38. The van der Waals surface area contributed by atoms with Crippen LogP contribution in [0.1, 0.15) is 24.0 Å². The molecule has 2 nitrogen and oxygen atoms in total. The van der Waals surface area contributed by atoms with E-state index in [4.69, 9.17) is 4.74 Å². The third kappa shape index (κ3) is 2.50. The van der Waals surface area contributed by atoms with Gasteiger partial charge in [0.2, 0.25) is 0 Å². The molecule has 0 unspecified atom stereocenters. The molecule has 1 heterocycles. The topological polar surface area (TPSA) is 26.3 Å². The zero-order valence-corrected chi connectivity index (χ0v) is 12.8. The highest BCUT2D eigenvalue weighted by molar-refractivity contribution is 6.04. The molecular formula is C21H18O2. The minimum absolute atomic E-state index is 0.103. The molecule has 0 amide bonds. The molecule has 2 aromatic carbocycles. The summed E-state index contributed by atoms with van der Waals surface area (Å²) in [5, 5.41) is 0. The van der Waals surface area contributed by atoms with Gasteiger partial charge in [0.1, 0.15) is 6.10 Å². The summed E-state index contributed by atoms with van der Waals surface area (Å²) in [5.41, 5.74) is 3.98. The van der Waals surface area contributed by atoms with Gasteiger partial charge in [0.15, 0.2) is 0 Å². The predicted molar refractivity (Wildman–Crippen MR) is 90.7 cm³/mol. The van der Waals surface area contributed by atoms with E-state index in [9.17, 15) is 4.79 Å². The average Bonchev–Trinajstić information content (AvgIpc) is 2.94. The van der Waals surface area contributed by atoms with Crippen molar-refractivity contribution in [2.24, 2.45) is 5.92 Å². The molecule has 1 aliphatic carbocycles. The Morgan fingerprint density at radius 3 is 2.13 bits per heavy atom. The molecule has 1 saturated heterocycles. The van der Waals surface area contributed by atoms with Crippen molar-refractivity contribution < 1.29 is 9.53 Å². The van der Waals surface area contributed by atoms with Crippen LogP contribution in [0.25, 0.3) is 5.57 Å². The molecule has 0 spiro atoms. The molecule has 0 saturated carbocycles. The van der Waals surface area contributed by atoms with Crippen molar-refractivity contribution in [2.75, 3.05) is 0 Å². The minimum Gasteiger partial charge on any atom is -0.454 e. The van der Waals surface area contributed by atoms with E-state index in [1.807, 2.05) is 42.5 Å². The normalized spacial score (nSPS) is 22.6. The summed E-state index contributed by atoms with van der Waals surface area (Å²) in [6.45, 7) is 0. The standard InChI is InChI=1S/C21H18O2/c22-21-20(17-13-7-8-14-18(17)23-21)19(15-9-3-1-4-10-15)16-11-5-2-6-12-16/h1-6,8-12,14,17-18H,7,13H2/t17-,18+/m1/s1. The molecule has 23 heavy (non-hydrogen) atoms. The van der Waals surface area contributed by atoms with E-state index in [1.165, 1.54) is 0 Å². The Balaban J connectivity index is 1.94. The summed E-state index contributed by atoms with van der Waals surface area (Å²) in [6.07, 6.45) is 6.01. The number of allylic oxidation sites excluding steroid dienone is 1. The van der Waals surface area contributed by atoms with Crippen LogP contribution in [0.4, 0.5) is 0 Å². The van der Waals surface area contributed by atoms with Crippen LogP contribution in [0.15, 0.2) is 78.4 Å². The molecular weight excluding hydrogens is 284 g/mol. The van der Waals surface area contributed by atoms with Crippen molar-refractivity contribution in [3.05, 3.63) is 89.5 Å². The molecule has 2 aromatic rings. The number of hydrogen-bond donors (Lipinski definition) is 0. The van der Waals surface area contributed by atoms with Crippen molar-refractivity contribution in [3.8, 4) is 0 Å². The number of benzene rings is 2. The van der Waals surface area contributed by atoms with Crippen LogP contribution in [-0.4, -0.2) is 12.1 Å². The maximum Gasteiger partial charge on any atom is 0.335 e. The van der Waals surface area contributed by atoms with Gasteiger partial charge in [-0.05, 0) is 35.6 Å². The summed E-state index contributed by atoms with van der Waals surface area (Å²) in [6, 6.07) is 20.3. The molecule has 1 aliphatic heterocycles. The molecule has 1 fully saturated rings. The van der Waals surface area contributed by atoms with Gasteiger partial charge < -0.3 is 4.74 Å². The monoisotopic (exact) mass is 302 g/mol. The van der Waals surface area contributed by atoms with Crippen LogP contribution in [0.5, 0.6) is 0 Å². The van der Waals surface area contributed by atoms with Crippen molar-refractivity contribution in [1.29, 1.82) is 0 Å². The van der Waals surface area contributed by atoms with Gasteiger partial charge in [0, 0.05) is 5.92 Å². The lowest BCUT2D eigenvalue weighted by Crippen LogP contribution is -2.17. The van der Waals surface area contributed by atoms with Crippen molar-refractivity contribution in [2.45, 2.75) is 18.9 Å². The first-order valence-corrected chi connectivity index (χ1v) is 8.07. The molecule has 0 radical (unpaired) electrons. The Labute approximate surface area is 136 Å². The summed E-state index contributed by atoms with van der Waals surface area (Å²) in [5.74, 6) is -0.0165. The smallest absolute Gasteiger partial charge is 0.335 e. The second kappa shape index (κ2) is 5.88. The summed E-state index contributed by atoms with van der Waals surface area (Å²) < 4.78 is 5.62. The Hall–Kier alpha value is -2.61. The Kier molecular flexibility index (Phi) is 3.58. The summed E-state index contributed by atoms with van der Waals surface area (Å²) in [4.78, 5) is 12.6. The largest absolute Gasteiger partial charge is 0.454 e. The lowest BCUT2D eigenvalue weighted by Gasteiger charge is -2.20. The zero-order valence-electron chi connectivity index (χ0n) is 12.8. The van der Waals surface area contributed by atoms with Gasteiger partial charge in [-0.15, -0.1) is 0 Å². The SMILES string of the molecule is O=C1O[C@H]2C=CCC[C@H]2C1=C(c1ccccc1)c1ccccc1. The maximum atomic E-state index is 12.6. The lowest BCUT2D eigenvalue weighted by molar-refractivity contribution is -0.137. The van der Waals surface area contributed by atoms with Gasteiger partial charge in [-0.2, -0.15) is 0 Å². The van der Waals surface area contributed by atoms with Gasteiger partial charge in [-0.1, -0.05) is 66.7 Å². The number of esters is 1. The Morgan fingerprint density at radius 1 is 0.913 bits per heavy atom. The molecule has 0 bridgehead atoms. The summed E-state index contributed by atoms with van der Waals surface area (Å²) >= 11 is 0. The fourth-order valence-corrected chi connectivity index (χ4v) is 3.55. The first-order valence-electron chi connectivity index (χ1n) is 8.07. The number of ether oxygens (including phenoxy) is 1. The molecule has 114 valence electrons. The van der Waals surface area contributed by atoms with Crippen LogP contribution >= 0.6 is 0 Å². The number of rotatable bonds is 2. The van der Waals surface area contributed by atoms with E-state index in [2.05, 4.69) is 30.3 Å². The van der Waals surface area contributed by atoms with E-state index < -0.39 is 0 Å². The third-order valence-corrected chi connectivity index (χ3v) is 4.59. The van der Waals surface area contributed by atoms with Gasteiger partial charge in [0.05, 0.1) is 5.57 Å². The minimum atomic E-state index is -0.172. The molecule has 0 N–H and O–H groups in total. The molecule has 4 rings (SSSR count). The highest BCUT2D eigenvalue weighted by Crippen LogP contribution is 2.41. The van der Waals surface area contributed by atoms with Crippen molar-refractivity contribution in [1.82, 2.24) is 0 Å². The van der Waals surface area contributed by atoms with Gasteiger partial charge in [-0.25, -0.2) is 4.79 Å². The Bertz CT molecular complexity index is 731. The van der Waals surface area contributed by atoms with Crippen molar-refractivity contribution in [3.63, 3.8) is 0 Å². The molecule has 2 heteroatoms. The van der Waals surface area contributed by atoms with Crippen LogP contribution in [0, 0.1) is 5.92 Å². The molecule has 2 atom stereocenters. The van der Waals surface area contributed by atoms with Crippen molar-refractivity contribution >= 4 is 11.5 Å². The highest BCUT2D eigenvalue weighted by Gasteiger charge is 2.41. The zero-order chi connectivity index (χ0) is 15.6. The number of fused-ring (bicyclic) bond motifs is 1. The van der Waals surface area contributed by atoms with Gasteiger partial charge in [0.25, 0.3) is 0 Å². The highest BCUT2D eigenvalue weighted by atomic mass is 16.5. The fraction of sp³-hybridized carbons (Fsp3) is 0.190. The number of carbonyl (C=O) groups is 1. The van der Waals surface area contributed by atoms with Crippen LogP contribution in [0.3, 0.4) is 0 Å². The van der Waals surface area contributed by atoms with E-state index in [1.54, 1.807) is 0 Å². The Morgan fingerprint density at radius 2 is 1.52 bits per heavy atom. The number of carbonyl (C=O) groups excluding carboxylic acids is 1. The lowest BCUT2D eigenvalue weighted by atomic mass is 9.81. The quantitative estimate of drug-likeness (QED) is 0.467. The first kappa shape index (κ1) is 14.0. The second-order valence-corrected chi connectivity index (χ2v) is 6.00. The average molecular weight is 302 g/mol. The molecule has 2 aliphatic rings. The van der Waals surface area contributed by atoms with Crippen LogP contribution < -0.4 is 0 Å².